The van der Waals surface area contributed by atoms with Crippen LogP contribution in [-0.4, -0.2) is 34.0 Å². The summed E-state index contributed by atoms with van der Waals surface area (Å²) in [5.41, 5.74) is 2.38. The lowest BCUT2D eigenvalue weighted by molar-refractivity contribution is 0.102. The van der Waals surface area contributed by atoms with Crippen LogP contribution in [-0.2, 0) is 6.42 Å². The molecule has 2 heterocycles. The van der Waals surface area contributed by atoms with Gasteiger partial charge in [0.25, 0.3) is 5.91 Å². The fraction of sp³-hybridized carbons (Fsp3) is 0.438. The average Bonchev–Trinajstić information content (AvgIpc) is 3.06. The molecule has 7 heteroatoms. The number of benzene rings is 1. The van der Waals surface area contributed by atoms with Crippen LogP contribution in [0.3, 0.4) is 0 Å². The van der Waals surface area contributed by atoms with Crippen molar-refractivity contribution in [3.8, 4) is 0 Å². The lowest BCUT2D eigenvalue weighted by Crippen LogP contribution is -2.29. The lowest BCUT2D eigenvalue weighted by atomic mass is 10.1. The number of piperidine rings is 1. The summed E-state index contributed by atoms with van der Waals surface area (Å²) >= 11 is 0. The Bertz CT molecular complexity index is 634. The molecule has 6 nitrogen and oxygen atoms in total. The molecule has 0 atom stereocenters. The molecule has 1 aromatic carbocycles. The van der Waals surface area contributed by atoms with Gasteiger partial charge in [0.15, 0.2) is 5.69 Å². The number of carbonyl (C=O) groups excluding carboxylic acids is 1. The number of anilines is 1. The number of carbonyl (C=O) groups is 1. The Morgan fingerprint density at radius 1 is 1.30 bits per heavy atom. The SMILES string of the molecule is CCc1ccc(NC(=O)c2cn(C3CCNCC3)nn2)cc1.Cl. The van der Waals surface area contributed by atoms with Crippen LogP contribution in [0.1, 0.15) is 41.9 Å². The molecule has 124 valence electrons. The topological polar surface area (TPSA) is 71.8 Å². The third-order valence-corrected chi connectivity index (χ3v) is 4.05. The largest absolute Gasteiger partial charge is 0.321 e. The van der Waals surface area contributed by atoms with E-state index in [1.165, 1.54) is 5.56 Å². The number of halogens is 1. The van der Waals surface area contributed by atoms with Gasteiger partial charge >= 0.3 is 0 Å². The van der Waals surface area contributed by atoms with Gasteiger partial charge in [0, 0.05) is 5.69 Å². The predicted octanol–water partition coefficient (Wildman–Crippen LogP) is 2.44. The van der Waals surface area contributed by atoms with Crippen LogP contribution in [0.5, 0.6) is 0 Å². The molecule has 1 aromatic heterocycles. The van der Waals surface area contributed by atoms with Gasteiger partial charge in [0.05, 0.1) is 12.2 Å². The van der Waals surface area contributed by atoms with Crippen molar-refractivity contribution in [2.24, 2.45) is 0 Å². The Hall–Kier alpha value is -1.92. The van der Waals surface area contributed by atoms with Crippen LogP contribution >= 0.6 is 12.4 Å². The normalized spacial score (nSPS) is 15.0. The second-order valence-electron chi connectivity index (χ2n) is 5.57. The summed E-state index contributed by atoms with van der Waals surface area (Å²) in [6.45, 7) is 4.07. The molecule has 0 aliphatic carbocycles. The van der Waals surface area contributed by atoms with E-state index in [0.717, 1.165) is 38.0 Å². The summed E-state index contributed by atoms with van der Waals surface area (Å²) < 4.78 is 1.82. The standard InChI is InChI=1S/C16H21N5O.ClH/c1-2-12-3-5-13(6-4-12)18-16(22)15-11-21(20-19-15)14-7-9-17-10-8-14;/h3-6,11,14,17H,2,7-10H2,1H3,(H,18,22);1H. The van der Waals surface area contributed by atoms with Gasteiger partial charge in [-0.05, 0) is 50.0 Å². The van der Waals surface area contributed by atoms with Crippen molar-refractivity contribution in [1.29, 1.82) is 0 Å². The number of rotatable bonds is 4. The number of amides is 1. The lowest BCUT2D eigenvalue weighted by Gasteiger charge is -2.22. The number of aryl methyl sites for hydroxylation is 1. The van der Waals surface area contributed by atoms with Crippen molar-refractivity contribution in [1.82, 2.24) is 20.3 Å². The smallest absolute Gasteiger partial charge is 0.277 e. The van der Waals surface area contributed by atoms with Crippen molar-refractivity contribution in [3.05, 3.63) is 41.7 Å². The van der Waals surface area contributed by atoms with E-state index in [9.17, 15) is 4.79 Å². The zero-order valence-corrected chi connectivity index (χ0v) is 14.0. The van der Waals surface area contributed by atoms with Crippen LogP contribution < -0.4 is 10.6 Å². The molecular weight excluding hydrogens is 314 g/mol. The van der Waals surface area contributed by atoms with Crippen molar-refractivity contribution in [3.63, 3.8) is 0 Å². The Morgan fingerprint density at radius 2 is 2.00 bits per heavy atom. The number of hydrogen-bond donors (Lipinski definition) is 2. The summed E-state index contributed by atoms with van der Waals surface area (Å²) in [6.07, 6.45) is 4.76. The number of nitrogens with one attached hydrogen (secondary N) is 2. The Labute approximate surface area is 142 Å². The monoisotopic (exact) mass is 335 g/mol. The van der Waals surface area contributed by atoms with E-state index in [4.69, 9.17) is 0 Å². The maximum atomic E-state index is 12.2. The van der Waals surface area contributed by atoms with E-state index in [-0.39, 0.29) is 18.3 Å². The van der Waals surface area contributed by atoms with Gasteiger partial charge < -0.3 is 10.6 Å². The molecule has 0 unspecified atom stereocenters. The van der Waals surface area contributed by atoms with E-state index in [0.29, 0.717) is 11.7 Å². The van der Waals surface area contributed by atoms with Crippen LogP contribution in [0.25, 0.3) is 0 Å². The highest BCUT2D eigenvalue weighted by Crippen LogP contribution is 2.17. The first-order valence-corrected chi connectivity index (χ1v) is 7.79. The van der Waals surface area contributed by atoms with Crippen LogP contribution in [0.2, 0.25) is 0 Å². The fourth-order valence-electron chi connectivity index (χ4n) is 2.65. The van der Waals surface area contributed by atoms with Crippen molar-refractivity contribution in [2.75, 3.05) is 18.4 Å². The van der Waals surface area contributed by atoms with Gasteiger partial charge in [-0.2, -0.15) is 0 Å². The quantitative estimate of drug-likeness (QED) is 0.900. The zero-order valence-electron chi connectivity index (χ0n) is 13.2. The molecule has 23 heavy (non-hydrogen) atoms. The molecule has 2 N–H and O–H groups in total. The average molecular weight is 336 g/mol. The van der Waals surface area contributed by atoms with E-state index in [1.54, 1.807) is 6.20 Å². The summed E-state index contributed by atoms with van der Waals surface area (Å²) in [7, 11) is 0. The number of hydrogen-bond acceptors (Lipinski definition) is 4. The fourth-order valence-corrected chi connectivity index (χ4v) is 2.65. The van der Waals surface area contributed by atoms with Crippen LogP contribution in [0, 0.1) is 0 Å². The minimum Gasteiger partial charge on any atom is -0.321 e. The Balaban J connectivity index is 0.00000192. The zero-order chi connectivity index (χ0) is 15.4. The van der Waals surface area contributed by atoms with Gasteiger partial charge in [0.1, 0.15) is 0 Å². The molecule has 1 amide bonds. The van der Waals surface area contributed by atoms with E-state index in [1.807, 2.05) is 28.9 Å². The number of aromatic nitrogens is 3. The highest BCUT2D eigenvalue weighted by Gasteiger charge is 2.18. The van der Waals surface area contributed by atoms with Gasteiger partial charge in [-0.3, -0.25) is 4.79 Å². The summed E-state index contributed by atoms with van der Waals surface area (Å²) in [5.74, 6) is -0.218. The van der Waals surface area contributed by atoms with Crippen molar-refractivity contribution >= 4 is 24.0 Å². The first-order valence-electron chi connectivity index (χ1n) is 7.79. The summed E-state index contributed by atoms with van der Waals surface area (Å²) in [5, 5.41) is 14.3. The molecule has 0 bridgehead atoms. The third-order valence-electron chi connectivity index (χ3n) is 4.05. The minimum atomic E-state index is -0.218. The van der Waals surface area contributed by atoms with E-state index in [2.05, 4.69) is 27.9 Å². The highest BCUT2D eigenvalue weighted by molar-refractivity contribution is 6.02. The van der Waals surface area contributed by atoms with Crippen molar-refractivity contribution < 1.29 is 4.79 Å². The second kappa shape index (κ2) is 8.08. The summed E-state index contributed by atoms with van der Waals surface area (Å²) in [4.78, 5) is 12.2. The molecule has 1 aliphatic rings. The Morgan fingerprint density at radius 3 is 2.65 bits per heavy atom. The maximum Gasteiger partial charge on any atom is 0.277 e. The summed E-state index contributed by atoms with van der Waals surface area (Å²) in [6, 6.07) is 8.18. The number of nitrogens with zero attached hydrogens (tertiary/aromatic N) is 3. The van der Waals surface area contributed by atoms with Gasteiger partial charge in [-0.25, -0.2) is 4.68 Å². The predicted molar refractivity (Wildman–Crippen MR) is 92.2 cm³/mol. The molecule has 0 radical (unpaired) electrons. The molecular formula is C16H22ClN5O. The molecule has 0 saturated carbocycles. The maximum absolute atomic E-state index is 12.2. The molecule has 1 aliphatic heterocycles. The van der Waals surface area contributed by atoms with Crippen molar-refractivity contribution in [2.45, 2.75) is 32.2 Å². The third kappa shape index (κ3) is 4.30. The molecule has 3 rings (SSSR count). The van der Waals surface area contributed by atoms with E-state index >= 15 is 0 Å². The van der Waals surface area contributed by atoms with Crippen LogP contribution in [0.4, 0.5) is 5.69 Å². The highest BCUT2D eigenvalue weighted by atomic mass is 35.5. The van der Waals surface area contributed by atoms with E-state index < -0.39 is 0 Å². The first kappa shape index (κ1) is 17.4. The van der Waals surface area contributed by atoms with Gasteiger partial charge in [-0.15, -0.1) is 17.5 Å². The molecule has 1 fully saturated rings. The molecule has 1 saturated heterocycles. The van der Waals surface area contributed by atoms with Gasteiger partial charge in [-0.1, -0.05) is 24.3 Å². The minimum absolute atomic E-state index is 0. The van der Waals surface area contributed by atoms with Gasteiger partial charge in [0.2, 0.25) is 0 Å². The Kier molecular flexibility index (Phi) is 6.12. The molecule has 2 aromatic rings. The second-order valence-corrected chi connectivity index (χ2v) is 5.57. The first-order chi connectivity index (χ1) is 10.8. The van der Waals surface area contributed by atoms with Crippen LogP contribution in [0.15, 0.2) is 30.5 Å². The molecule has 0 spiro atoms.